The van der Waals surface area contributed by atoms with Crippen molar-refractivity contribution in [1.82, 2.24) is 24.4 Å². The van der Waals surface area contributed by atoms with Crippen LogP contribution in [-0.2, 0) is 0 Å². The standard InChI is InChI=1S/C30H24FN5O2S/c1-3-15-38-25-14-13-21(16-24(25)31)27-22(18-35(33-27)23-7-5-4-6-8-23)17-26-29(37)36-30(39-26)32-28(34-36)20-11-9-19(2)10-12-20/h4-14,16-18H,3,15H2,1-2H3/b26-17-. The molecule has 0 aliphatic carbocycles. The summed E-state index contributed by atoms with van der Waals surface area (Å²) >= 11 is 1.25. The molecule has 0 saturated carbocycles. The minimum atomic E-state index is -0.465. The summed E-state index contributed by atoms with van der Waals surface area (Å²) in [6, 6.07) is 22.3. The van der Waals surface area contributed by atoms with Crippen molar-refractivity contribution in [3.63, 3.8) is 0 Å². The predicted octanol–water partition coefficient (Wildman–Crippen LogP) is 5.45. The monoisotopic (exact) mass is 537 g/mol. The molecular formula is C30H24FN5O2S. The van der Waals surface area contributed by atoms with E-state index in [2.05, 4.69) is 10.1 Å². The molecule has 0 bridgehead atoms. The van der Waals surface area contributed by atoms with E-state index < -0.39 is 5.82 Å². The molecule has 39 heavy (non-hydrogen) atoms. The largest absolute Gasteiger partial charge is 0.491 e. The molecule has 0 aliphatic heterocycles. The number of aryl methyl sites for hydroxylation is 1. The zero-order valence-electron chi connectivity index (χ0n) is 21.3. The number of para-hydroxylation sites is 1. The number of ether oxygens (including phenoxy) is 1. The Kier molecular flexibility index (Phi) is 6.50. The van der Waals surface area contributed by atoms with Gasteiger partial charge in [0.25, 0.3) is 5.56 Å². The molecule has 0 spiro atoms. The zero-order valence-corrected chi connectivity index (χ0v) is 22.2. The van der Waals surface area contributed by atoms with Crippen molar-refractivity contribution in [1.29, 1.82) is 0 Å². The highest BCUT2D eigenvalue weighted by molar-refractivity contribution is 7.15. The summed E-state index contributed by atoms with van der Waals surface area (Å²) in [7, 11) is 0. The number of nitrogens with zero attached hydrogens (tertiary/aromatic N) is 5. The Balaban J connectivity index is 1.45. The number of halogens is 1. The maximum absolute atomic E-state index is 14.9. The van der Waals surface area contributed by atoms with Crippen molar-refractivity contribution in [2.45, 2.75) is 20.3 Å². The molecule has 0 unspecified atom stereocenters. The van der Waals surface area contributed by atoms with E-state index in [0.29, 0.717) is 38.7 Å². The molecule has 9 heteroatoms. The third-order valence-electron chi connectivity index (χ3n) is 6.21. The molecule has 7 nitrogen and oxygen atoms in total. The maximum Gasteiger partial charge on any atom is 0.291 e. The second-order valence-corrected chi connectivity index (χ2v) is 10.1. The molecule has 0 radical (unpaired) electrons. The number of hydrogen-bond donors (Lipinski definition) is 0. The zero-order chi connectivity index (χ0) is 26.9. The Morgan fingerprint density at radius 2 is 1.77 bits per heavy atom. The average Bonchev–Trinajstić information content (AvgIpc) is 3.64. The van der Waals surface area contributed by atoms with E-state index in [4.69, 9.17) is 9.84 Å². The quantitative estimate of drug-likeness (QED) is 0.271. The molecule has 0 fully saturated rings. The first-order valence-electron chi connectivity index (χ1n) is 12.6. The van der Waals surface area contributed by atoms with Gasteiger partial charge in [-0.25, -0.2) is 9.07 Å². The average molecular weight is 538 g/mol. The van der Waals surface area contributed by atoms with Gasteiger partial charge in [0.1, 0.15) is 5.69 Å². The minimum absolute atomic E-state index is 0.199. The Morgan fingerprint density at radius 1 is 1.00 bits per heavy atom. The van der Waals surface area contributed by atoms with E-state index >= 15 is 0 Å². The van der Waals surface area contributed by atoms with Crippen LogP contribution in [0.5, 0.6) is 5.75 Å². The lowest BCUT2D eigenvalue weighted by Crippen LogP contribution is -2.23. The van der Waals surface area contributed by atoms with E-state index in [0.717, 1.165) is 23.2 Å². The molecule has 0 aliphatic rings. The summed E-state index contributed by atoms with van der Waals surface area (Å²) in [5, 5.41) is 9.21. The molecule has 0 saturated heterocycles. The summed E-state index contributed by atoms with van der Waals surface area (Å²) in [5.74, 6) is 0.238. The van der Waals surface area contributed by atoms with Crippen molar-refractivity contribution >= 4 is 22.4 Å². The first kappa shape index (κ1) is 24.7. The number of rotatable bonds is 7. The lowest BCUT2D eigenvalue weighted by atomic mass is 10.1. The van der Waals surface area contributed by atoms with Crippen LogP contribution < -0.4 is 14.8 Å². The van der Waals surface area contributed by atoms with Gasteiger partial charge in [-0.2, -0.15) is 14.6 Å². The molecule has 3 aromatic carbocycles. The third-order valence-corrected chi connectivity index (χ3v) is 7.17. The van der Waals surface area contributed by atoms with Gasteiger partial charge in [-0.15, -0.1) is 5.10 Å². The summed E-state index contributed by atoms with van der Waals surface area (Å²) < 4.78 is 23.9. The Hall–Kier alpha value is -4.63. The Morgan fingerprint density at radius 3 is 2.49 bits per heavy atom. The molecular weight excluding hydrogens is 513 g/mol. The lowest BCUT2D eigenvalue weighted by molar-refractivity contribution is 0.301. The van der Waals surface area contributed by atoms with Crippen molar-refractivity contribution in [3.05, 3.63) is 111 Å². The first-order valence-corrected chi connectivity index (χ1v) is 13.4. The molecule has 3 heterocycles. The highest BCUT2D eigenvalue weighted by Crippen LogP contribution is 2.29. The Bertz CT molecular complexity index is 1890. The van der Waals surface area contributed by atoms with Gasteiger partial charge < -0.3 is 4.74 Å². The molecule has 0 N–H and O–H groups in total. The van der Waals surface area contributed by atoms with Crippen LogP contribution in [-0.4, -0.2) is 31.0 Å². The van der Waals surface area contributed by atoms with E-state index in [1.807, 2.05) is 74.6 Å². The van der Waals surface area contributed by atoms with Crippen molar-refractivity contribution in [3.8, 4) is 34.1 Å². The molecule has 6 aromatic rings. The van der Waals surface area contributed by atoms with Crippen LogP contribution in [0, 0.1) is 12.7 Å². The molecule has 6 rings (SSSR count). The normalized spacial score (nSPS) is 11.9. The molecule has 0 amide bonds. The highest BCUT2D eigenvalue weighted by atomic mass is 32.1. The van der Waals surface area contributed by atoms with Crippen LogP contribution in [0.15, 0.2) is 83.8 Å². The summed E-state index contributed by atoms with van der Waals surface area (Å²) in [4.78, 5) is 18.4. The maximum atomic E-state index is 14.9. The summed E-state index contributed by atoms with van der Waals surface area (Å²) in [6.07, 6.45) is 4.37. The number of hydrogen-bond acceptors (Lipinski definition) is 6. The first-order chi connectivity index (χ1) is 19.0. The van der Waals surface area contributed by atoms with Crippen LogP contribution in [0.1, 0.15) is 24.5 Å². The fourth-order valence-corrected chi connectivity index (χ4v) is 5.11. The summed E-state index contributed by atoms with van der Waals surface area (Å²) in [5.41, 5.74) is 4.34. The van der Waals surface area contributed by atoms with Gasteiger partial charge in [0.05, 0.1) is 16.8 Å². The van der Waals surface area contributed by atoms with Gasteiger partial charge in [0.15, 0.2) is 17.4 Å². The van der Waals surface area contributed by atoms with E-state index in [9.17, 15) is 9.18 Å². The molecule has 0 atom stereocenters. The topological polar surface area (TPSA) is 74.3 Å². The number of aromatic nitrogens is 5. The SMILES string of the molecule is CCCOc1ccc(-c2nn(-c3ccccc3)cc2/C=c2\sc3nc(-c4ccc(C)cc4)nn3c2=O)cc1F. The second-order valence-electron chi connectivity index (χ2n) is 9.12. The van der Waals surface area contributed by atoms with Gasteiger partial charge in [0.2, 0.25) is 4.96 Å². The van der Waals surface area contributed by atoms with Crippen molar-refractivity contribution in [2.24, 2.45) is 0 Å². The van der Waals surface area contributed by atoms with Gasteiger partial charge in [-0.1, -0.05) is 66.3 Å². The van der Waals surface area contributed by atoms with Crippen LogP contribution in [0.25, 0.3) is 39.4 Å². The minimum Gasteiger partial charge on any atom is -0.491 e. The van der Waals surface area contributed by atoms with E-state index in [1.165, 1.54) is 21.9 Å². The molecule has 194 valence electrons. The molecule has 3 aromatic heterocycles. The van der Waals surface area contributed by atoms with Crippen LogP contribution in [0.3, 0.4) is 0 Å². The third kappa shape index (κ3) is 4.84. The van der Waals surface area contributed by atoms with E-state index in [1.54, 1.807) is 22.9 Å². The highest BCUT2D eigenvalue weighted by Gasteiger charge is 2.16. The number of fused-ring (bicyclic) bond motifs is 1. The van der Waals surface area contributed by atoms with Gasteiger partial charge >= 0.3 is 0 Å². The fourth-order valence-electron chi connectivity index (χ4n) is 4.21. The van der Waals surface area contributed by atoms with Gasteiger partial charge in [-0.05, 0) is 49.8 Å². The van der Waals surface area contributed by atoms with E-state index in [-0.39, 0.29) is 11.3 Å². The van der Waals surface area contributed by atoms with Crippen LogP contribution >= 0.6 is 11.3 Å². The fraction of sp³-hybridized carbons (Fsp3) is 0.133. The van der Waals surface area contributed by atoms with Crippen molar-refractivity contribution in [2.75, 3.05) is 6.61 Å². The van der Waals surface area contributed by atoms with Crippen molar-refractivity contribution < 1.29 is 9.13 Å². The van der Waals surface area contributed by atoms with Crippen LogP contribution in [0.2, 0.25) is 0 Å². The smallest absolute Gasteiger partial charge is 0.291 e. The lowest BCUT2D eigenvalue weighted by Gasteiger charge is -2.07. The number of benzene rings is 3. The van der Waals surface area contributed by atoms with Gasteiger partial charge in [0, 0.05) is 22.9 Å². The predicted molar refractivity (Wildman–Crippen MR) is 151 cm³/mol. The summed E-state index contributed by atoms with van der Waals surface area (Å²) in [6.45, 7) is 4.41. The number of thiazole rings is 1. The van der Waals surface area contributed by atoms with Gasteiger partial charge in [-0.3, -0.25) is 4.79 Å². The second kappa shape index (κ2) is 10.3. The van der Waals surface area contributed by atoms with Crippen LogP contribution in [0.4, 0.5) is 4.39 Å². The Labute approximate surface area is 227 Å².